The lowest BCUT2D eigenvalue weighted by Gasteiger charge is -1.96. The fourth-order valence-corrected chi connectivity index (χ4v) is 1.93. The molecule has 20 heavy (non-hydrogen) atoms. The van der Waals surface area contributed by atoms with Crippen molar-refractivity contribution in [3.8, 4) is 11.4 Å². The highest BCUT2D eigenvalue weighted by atomic mass is 16.5. The van der Waals surface area contributed by atoms with Gasteiger partial charge in [-0.2, -0.15) is 4.98 Å². The van der Waals surface area contributed by atoms with E-state index in [4.69, 9.17) is 9.63 Å². The first-order chi connectivity index (χ1) is 9.79. The molecule has 7 nitrogen and oxygen atoms in total. The highest BCUT2D eigenvalue weighted by Gasteiger charge is 2.17. The number of aliphatic hydroxyl groups excluding tert-OH is 1. The number of carbonyl (C=O) groups is 1. The predicted octanol–water partition coefficient (Wildman–Crippen LogP) is 0.940. The Labute approximate surface area is 113 Å². The number of amides is 1. The number of hydrogen-bond donors (Lipinski definition) is 3. The van der Waals surface area contributed by atoms with E-state index in [0.29, 0.717) is 5.82 Å². The van der Waals surface area contributed by atoms with Crippen LogP contribution in [0.15, 0.2) is 35.0 Å². The Hall–Kier alpha value is -2.67. The zero-order valence-electron chi connectivity index (χ0n) is 10.5. The monoisotopic (exact) mass is 272 g/mol. The molecule has 0 atom stereocenters. The van der Waals surface area contributed by atoms with Gasteiger partial charge in [-0.1, -0.05) is 23.4 Å². The van der Waals surface area contributed by atoms with Crippen molar-refractivity contribution in [1.82, 2.24) is 20.4 Å². The van der Waals surface area contributed by atoms with Crippen molar-refractivity contribution in [3.63, 3.8) is 0 Å². The second kappa shape index (κ2) is 5.14. The number of fused-ring (bicyclic) bond motifs is 1. The second-order valence-electron chi connectivity index (χ2n) is 4.15. The summed E-state index contributed by atoms with van der Waals surface area (Å²) in [4.78, 5) is 18.8. The van der Waals surface area contributed by atoms with Gasteiger partial charge in [0.2, 0.25) is 5.82 Å². The minimum atomic E-state index is -0.502. The van der Waals surface area contributed by atoms with Crippen LogP contribution in [0.2, 0.25) is 0 Å². The molecule has 0 aliphatic rings. The van der Waals surface area contributed by atoms with Crippen LogP contribution in [0.4, 0.5) is 0 Å². The molecule has 1 amide bonds. The lowest BCUT2D eigenvalue weighted by Crippen LogP contribution is -2.26. The molecule has 2 heterocycles. The average molecular weight is 272 g/mol. The number of nitrogens with one attached hydrogen (secondary N) is 2. The molecule has 0 unspecified atom stereocenters. The number of aliphatic hydroxyl groups is 1. The van der Waals surface area contributed by atoms with Crippen molar-refractivity contribution < 1.29 is 14.4 Å². The van der Waals surface area contributed by atoms with Crippen molar-refractivity contribution in [3.05, 3.63) is 36.4 Å². The molecule has 0 bridgehead atoms. The van der Waals surface area contributed by atoms with E-state index in [9.17, 15) is 4.79 Å². The number of carbonyl (C=O) groups excluding carboxylic acids is 1. The number of benzene rings is 1. The smallest absolute Gasteiger partial charge is 0.316 e. The van der Waals surface area contributed by atoms with Gasteiger partial charge in [0.25, 0.3) is 0 Å². The molecular formula is C13H12N4O3. The Morgan fingerprint density at radius 3 is 3.10 bits per heavy atom. The van der Waals surface area contributed by atoms with Gasteiger partial charge in [0.1, 0.15) is 0 Å². The van der Waals surface area contributed by atoms with Crippen LogP contribution in [0.5, 0.6) is 0 Å². The summed E-state index contributed by atoms with van der Waals surface area (Å²) in [6, 6.07) is 7.71. The molecule has 0 saturated carbocycles. The van der Waals surface area contributed by atoms with E-state index in [1.54, 1.807) is 6.20 Å². The average Bonchev–Trinajstić information content (AvgIpc) is 3.10. The van der Waals surface area contributed by atoms with Crippen molar-refractivity contribution in [2.45, 2.75) is 0 Å². The van der Waals surface area contributed by atoms with Gasteiger partial charge in [0.05, 0.1) is 6.61 Å². The van der Waals surface area contributed by atoms with Gasteiger partial charge in [-0.05, 0) is 6.07 Å². The van der Waals surface area contributed by atoms with E-state index in [1.165, 1.54) is 0 Å². The van der Waals surface area contributed by atoms with Crippen LogP contribution in [0.25, 0.3) is 22.3 Å². The zero-order chi connectivity index (χ0) is 13.9. The maximum atomic E-state index is 11.6. The fourth-order valence-electron chi connectivity index (χ4n) is 1.93. The lowest BCUT2D eigenvalue weighted by atomic mass is 10.2. The van der Waals surface area contributed by atoms with Gasteiger partial charge in [-0.25, -0.2) is 0 Å². The lowest BCUT2D eigenvalue weighted by molar-refractivity contribution is 0.0901. The Bertz CT molecular complexity index is 747. The topological polar surface area (TPSA) is 104 Å². The molecule has 0 spiro atoms. The Morgan fingerprint density at radius 1 is 1.40 bits per heavy atom. The first-order valence-corrected chi connectivity index (χ1v) is 6.09. The SMILES string of the molecule is O=C(NCCO)c1nc(-c2c[nH]c3ccccc23)no1. The standard InChI is InChI=1S/C13H12N4O3/c18-6-5-14-12(19)13-16-11(17-20-13)9-7-15-10-4-2-1-3-8(9)10/h1-4,7,15,18H,5-6H2,(H,14,19). The first kappa shape index (κ1) is 12.4. The number of H-pyrrole nitrogens is 1. The summed E-state index contributed by atoms with van der Waals surface area (Å²) in [7, 11) is 0. The summed E-state index contributed by atoms with van der Waals surface area (Å²) >= 11 is 0. The van der Waals surface area contributed by atoms with Gasteiger partial charge < -0.3 is 19.9 Å². The van der Waals surface area contributed by atoms with Crippen molar-refractivity contribution in [1.29, 1.82) is 0 Å². The molecule has 7 heteroatoms. The molecule has 0 radical (unpaired) electrons. The molecule has 0 saturated heterocycles. The molecule has 3 rings (SSSR count). The fraction of sp³-hybridized carbons (Fsp3) is 0.154. The quantitative estimate of drug-likeness (QED) is 0.655. The third-order valence-electron chi connectivity index (χ3n) is 2.85. The van der Waals surface area contributed by atoms with E-state index in [1.807, 2.05) is 24.3 Å². The van der Waals surface area contributed by atoms with Crippen LogP contribution in [0, 0.1) is 0 Å². The molecule has 3 N–H and O–H groups in total. The summed E-state index contributed by atoms with van der Waals surface area (Å²) in [5.74, 6) is -0.284. The molecule has 3 aromatic rings. The van der Waals surface area contributed by atoms with Crippen molar-refractivity contribution in [2.75, 3.05) is 13.2 Å². The predicted molar refractivity (Wildman–Crippen MR) is 71.0 cm³/mol. The van der Waals surface area contributed by atoms with Crippen LogP contribution in [-0.4, -0.2) is 39.3 Å². The number of para-hydroxylation sites is 1. The molecule has 2 aromatic heterocycles. The molecule has 0 aliphatic carbocycles. The summed E-state index contributed by atoms with van der Waals surface area (Å²) < 4.78 is 4.93. The van der Waals surface area contributed by atoms with Crippen LogP contribution in [-0.2, 0) is 0 Å². The Kier molecular flexibility index (Phi) is 3.18. The van der Waals surface area contributed by atoms with Crippen LogP contribution in [0.3, 0.4) is 0 Å². The number of aromatic amines is 1. The minimum absolute atomic E-state index is 0.126. The molecule has 0 aliphatic heterocycles. The number of hydrogen-bond acceptors (Lipinski definition) is 5. The molecule has 0 fully saturated rings. The van der Waals surface area contributed by atoms with E-state index in [2.05, 4.69) is 20.4 Å². The highest BCUT2D eigenvalue weighted by Crippen LogP contribution is 2.25. The molecule has 1 aromatic carbocycles. The van der Waals surface area contributed by atoms with Crippen molar-refractivity contribution in [2.24, 2.45) is 0 Å². The van der Waals surface area contributed by atoms with Gasteiger partial charge in [-0.15, -0.1) is 0 Å². The van der Waals surface area contributed by atoms with Crippen LogP contribution < -0.4 is 5.32 Å². The molecular weight excluding hydrogens is 260 g/mol. The van der Waals surface area contributed by atoms with Gasteiger partial charge in [0, 0.05) is 29.2 Å². The third kappa shape index (κ3) is 2.14. The van der Waals surface area contributed by atoms with E-state index in [0.717, 1.165) is 16.5 Å². The van der Waals surface area contributed by atoms with Crippen LogP contribution >= 0.6 is 0 Å². The number of rotatable bonds is 4. The van der Waals surface area contributed by atoms with Crippen molar-refractivity contribution >= 4 is 16.8 Å². The van der Waals surface area contributed by atoms with Gasteiger partial charge >= 0.3 is 11.8 Å². The first-order valence-electron chi connectivity index (χ1n) is 6.09. The highest BCUT2D eigenvalue weighted by molar-refractivity contribution is 5.94. The maximum absolute atomic E-state index is 11.6. The summed E-state index contributed by atoms with van der Waals surface area (Å²) in [6.45, 7) is -0.00118. The Morgan fingerprint density at radius 2 is 2.25 bits per heavy atom. The number of nitrogens with zero attached hydrogens (tertiary/aromatic N) is 2. The van der Waals surface area contributed by atoms with E-state index in [-0.39, 0.29) is 19.0 Å². The third-order valence-corrected chi connectivity index (χ3v) is 2.85. The van der Waals surface area contributed by atoms with E-state index >= 15 is 0 Å². The summed E-state index contributed by atoms with van der Waals surface area (Å²) in [5, 5.41) is 15.9. The Balaban J connectivity index is 1.92. The van der Waals surface area contributed by atoms with Crippen LogP contribution in [0.1, 0.15) is 10.7 Å². The molecule has 102 valence electrons. The van der Waals surface area contributed by atoms with Gasteiger partial charge in [-0.3, -0.25) is 4.79 Å². The van der Waals surface area contributed by atoms with E-state index < -0.39 is 5.91 Å². The summed E-state index contributed by atoms with van der Waals surface area (Å²) in [6.07, 6.45) is 1.77. The second-order valence-corrected chi connectivity index (χ2v) is 4.15. The summed E-state index contributed by atoms with van der Waals surface area (Å²) in [5.41, 5.74) is 1.73. The maximum Gasteiger partial charge on any atom is 0.316 e. The largest absolute Gasteiger partial charge is 0.395 e. The zero-order valence-corrected chi connectivity index (χ0v) is 10.5. The normalized spacial score (nSPS) is 10.8. The number of aromatic nitrogens is 3. The minimum Gasteiger partial charge on any atom is -0.395 e. The van der Waals surface area contributed by atoms with Gasteiger partial charge in [0.15, 0.2) is 0 Å².